The molecule has 1 aromatic heterocycles. The molecule has 1 N–H and O–H groups in total. The summed E-state index contributed by atoms with van der Waals surface area (Å²) in [4.78, 5) is 38.2. The van der Waals surface area contributed by atoms with E-state index in [1.807, 2.05) is 0 Å². The summed E-state index contributed by atoms with van der Waals surface area (Å²) in [6.07, 6.45) is 2.29. The maximum atomic E-state index is 14.4. The fourth-order valence-electron chi connectivity index (χ4n) is 3.71. The van der Waals surface area contributed by atoms with E-state index in [2.05, 4.69) is 19.2 Å². The Morgan fingerprint density at radius 2 is 1.82 bits per heavy atom. The minimum absolute atomic E-state index is 0.0342. The van der Waals surface area contributed by atoms with Gasteiger partial charge in [0.2, 0.25) is 5.91 Å². The first-order valence-electron chi connectivity index (χ1n) is 11.2. The van der Waals surface area contributed by atoms with Crippen LogP contribution in [-0.4, -0.2) is 21.6 Å². The first-order valence-corrected chi connectivity index (χ1v) is 11.6. The Balaban J connectivity index is 1.81. The number of amides is 1. The van der Waals surface area contributed by atoms with Crippen LogP contribution in [0, 0.1) is 11.7 Å². The predicted molar refractivity (Wildman–Crippen MR) is 129 cm³/mol. The zero-order valence-corrected chi connectivity index (χ0v) is 19.7. The van der Waals surface area contributed by atoms with Crippen LogP contribution in [0.1, 0.15) is 45.1 Å². The number of hydrogen-bond donors (Lipinski definition) is 1. The van der Waals surface area contributed by atoms with Crippen LogP contribution in [-0.2, 0) is 17.9 Å². The van der Waals surface area contributed by atoms with Gasteiger partial charge >= 0.3 is 5.69 Å². The molecule has 1 heterocycles. The van der Waals surface area contributed by atoms with Gasteiger partial charge in [0.05, 0.1) is 17.4 Å². The van der Waals surface area contributed by atoms with Gasteiger partial charge in [-0.05, 0) is 49.4 Å². The number of carbonyl (C=O) groups excluding carboxylic acids is 1. The van der Waals surface area contributed by atoms with Crippen LogP contribution in [0.15, 0.2) is 52.1 Å². The second-order valence-electron chi connectivity index (χ2n) is 8.53. The molecule has 0 aliphatic rings. The summed E-state index contributed by atoms with van der Waals surface area (Å²) >= 11 is 6.18. The molecule has 0 fully saturated rings. The lowest BCUT2D eigenvalue weighted by atomic mass is 10.1. The number of fused-ring (bicyclic) bond motifs is 1. The van der Waals surface area contributed by atoms with Crippen molar-refractivity contribution in [3.8, 4) is 0 Å². The first-order chi connectivity index (χ1) is 15.8. The van der Waals surface area contributed by atoms with Gasteiger partial charge in [0, 0.05) is 30.1 Å². The molecule has 0 unspecified atom stereocenters. The number of para-hydroxylation sites is 1. The highest BCUT2D eigenvalue weighted by atomic mass is 35.5. The molecular weight excluding hydrogens is 445 g/mol. The van der Waals surface area contributed by atoms with Crippen LogP contribution in [0.4, 0.5) is 4.39 Å². The highest BCUT2D eigenvalue weighted by molar-refractivity contribution is 6.31. The molecule has 33 heavy (non-hydrogen) atoms. The van der Waals surface area contributed by atoms with Crippen molar-refractivity contribution < 1.29 is 9.18 Å². The van der Waals surface area contributed by atoms with Crippen molar-refractivity contribution >= 4 is 28.4 Å². The lowest BCUT2D eigenvalue weighted by Crippen LogP contribution is -2.40. The van der Waals surface area contributed by atoms with Gasteiger partial charge in [-0.2, -0.15) is 0 Å². The van der Waals surface area contributed by atoms with Gasteiger partial charge in [-0.3, -0.25) is 18.7 Å². The SMILES string of the molecule is CC(C)CCNC(=O)CCCCn1c(=O)c2ccccc2n(Cc2c(F)cccc2Cl)c1=O. The summed E-state index contributed by atoms with van der Waals surface area (Å²) in [5.74, 6) is -0.0284. The second kappa shape index (κ2) is 11.3. The molecule has 8 heteroatoms. The summed E-state index contributed by atoms with van der Waals surface area (Å²) in [7, 11) is 0. The van der Waals surface area contributed by atoms with Crippen molar-refractivity contribution in [2.75, 3.05) is 6.54 Å². The van der Waals surface area contributed by atoms with E-state index in [9.17, 15) is 18.8 Å². The number of benzene rings is 2. The van der Waals surface area contributed by atoms with Gasteiger partial charge in [0.25, 0.3) is 5.56 Å². The zero-order chi connectivity index (χ0) is 24.0. The van der Waals surface area contributed by atoms with Crippen molar-refractivity contribution in [3.05, 3.63) is 79.7 Å². The largest absolute Gasteiger partial charge is 0.356 e. The maximum absolute atomic E-state index is 14.4. The highest BCUT2D eigenvalue weighted by Crippen LogP contribution is 2.21. The molecule has 6 nitrogen and oxygen atoms in total. The zero-order valence-electron chi connectivity index (χ0n) is 18.9. The van der Waals surface area contributed by atoms with Crippen LogP contribution in [0.5, 0.6) is 0 Å². The molecule has 2 aromatic carbocycles. The molecule has 0 saturated carbocycles. The average molecular weight is 474 g/mol. The van der Waals surface area contributed by atoms with Crippen molar-refractivity contribution in [2.24, 2.45) is 5.92 Å². The van der Waals surface area contributed by atoms with E-state index in [0.29, 0.717) is 42.6 Å². The third-order valence-corrected chi connectivity index (χ3v) is 5.94. The second-order valence-corrected chi connectivity index (χ2v) is 8.94. The Morgan fingerprint density at radius 1 is 1.06 bits per heavy atom. The summed E-state index contributed by atoms with van der Waals surface area (Å²) in [5.41, 5.74) is -0.311. The molecule has 0 spiro atoms. The molecule has 0 aliphatic heterocycles. The summed E-state index contributed by atoms with van der Waals surface area (Å²) in [6, 6.07) is 11.1. The van der Waals surface area contributed by atoms with E-state index in [1.54, 1.807) is 30.3 Å². The number of nitrogens with one attached hydrogen (secondary N) is 1. The van der Waals surface area contributed by atoms with Crippen molar-refractivity contribution in [1.29, 1.82) is 0 Å². The summed E-state index contributed by atoms with van der Waals surface area (Å²) in [6.45, 7) is 4.92. The lowest BCUT2D eigenvalue weighted by Gasteiger charge is -2.15. The van der Waals surface area contributed by atoms with Gasteiger partial charge in [-0.15, -0.1) is 0 Å². The molecule has 0 radical (unpaired) electrons. The fourth-order valence-corrected chi connectivity index (χ4v) is 3.93. The third-order valence-electron chi connectivity index (χ3n) is 5.59. The summed E-state index contributed by atoms with van der Waals surface area (Å²) in [5, 5.41) is 3.47. The van der Waals surface area contributed by atoms with E-state index < -0.39 is 17.1 Å². The van der Waals surface area contributed by atoms with Gasteiger partial charge < -0.3 is 5.32 Å². The highest BCUT2D eigenvalue weighted by Gasteiger charge is 2.16. The van der Waals surface area contributed by atoms with Crippen LogP contribution >= 0.6 is 11.6 Å². The third kappa shape index (κ3) is 6.11. The van der Waals surface area contributed by atoms with Crippen molar-refractivity contribution in [2.45, 2.75) is 52.6 Å². The molecule has 1 amide bonds. The van der Waals surface area contributed by atoms with Crippen molar-refractivity contribution in [3.63, 3.8) is 0 Å². The van der Waals surface area contributed by atoms with E-state index in [-0.39, 0.29) is 29.6 Å². The maximum Gasteiger partial charge on any atom is 0.331 e. The molecule has 0 saturated heterocycles. The van der Waals surface area contributed by atoms with Gasteiger partial charge in [0.15, 0.2) is 0 Å². The molecule has 176 valence electrons. The molecule has 3 rings (SSSR count). The first kappa shape index (κ1) is 24.7. The van der Waals surface area contributed by atoms with Gasteiger partial charge in [0.1, 0.15) is 5.82 Å². The molecule has 0 aliphatic carbocycles. The summed E-state index contributed by atoms with van der Waals surface area (Å²) < 4.78 is 16.9. The van der Waals surface area contributed by atoms with E-state index >= 15 is 0 Å². The van der Waals surface area contributed by atoms with E-state index in [1.165, 1.54) is 16.7 Å². The Hall–Kier alpha value is -2.93. The monoisotopic (exact) mass is 473 g/mol. The standard InChI is InChI=1S/C25H29ClFN3O3/c1-17(2)13-14-28-23(31)12-5-6-15-29-24(32)18-8-3-4-11-22(18)30(25(29)33)16-19-20(26)9-7-10-21(19)27/h3-4,7-11,17H,5-6,12-16H2,1-2H3,(H,28,31). The van der Waals surface area contributed by atoms with Crippen LogP contribution in [0.3, 0.4) is 0 Å². The molecule has 3 aromatic rings. The Bertz CT molecular complexity index is 1230. The lowest BCUT2D eigenvalue weighted by molar-refractivity contribution is -0.121. The molecule has 0 atom stereocenters. The predicted octanol–water partition coefficient (Wildman–Crippen LogP) is 4.34. The average Bonchev–Trinajstić information content (AvgIpc) is 2.77. The fraction of sp³-hybridized carbons (Fsp3) is 0.400. The topological polar surface area (TPSA) is 73.1 Å². The Morgan fingerprint density at radius 3 is 2.55 bits per heavy atom. The Kier molecular flexibility index (Phi) is 8.44. The van der Waals surface area contributed by atoms with E-state index in [0.717, 1.165) is 11.0 Å². The normalized spacial score (nSPS) is 11.3. The van der Waals surface area contributed by atoms with Gasteiger partial charge in [-0.1, -0.05) is 43.6 Å². The van der Waals surface area contributed by atoms with Crippen LogP contribution < -0.4 is 16.6 Å². The number of carbonyl (C=O) groups is 1. The molecule has 0 bridgehead atoms. The van der Waals surface area contributed by atoms with Gasteiger partial charge in [-0.25, -0.2) is 9.18 Å². The van der Waals surface area contributed by atoms with Crippen molar-refractivity contribution in [1.82, 2.24) is 14.5 Å². The van der Waals surface area contributed by atoms with E-state index in [4.69, 9.17) is 11.6 Å². The molecular formula is C25H29ClFN3O3. The smallest absolute Gasteiger partial charge is 0.331 e. The number of nitrogens with zero attached hydrogens (tertiary/aromatic N) is 2. The number of halogens is 2. The quantitative estimate of drug-likeness (QED) is 0.445. The van der Waals surface area contributed by atoms with Crippen LogP contribution in [0.25, 0.3) is 10.9 Å². The number of rotatable bonds is 10. The van der Waals surface area contributed by atoms with Crippen LogP contribution in [0.2, 0.25) is 5.02 Å². The minimum atomic E-state index is -0.528. The number of aromatic nitrogens is 2. The number of hydrogen-bond acceptors (Lipinski definition) is 3. The Labute approximate surface area is 197 Å². The number of unbranched alkanes of at least 4 members (excludes halogenated alkanes) is 1. The minimum Gasteiger partial charge on any atom is -0.356 e.